The molecule has 4 atom stereocenters. The zero-order valence-corrected chi connectivity index (χ0v) is 25.1. The average Bonchev–Trinajstić information content (AvgIpc) is 3.54. The highest BCUT2D eigenvalue weighted by Gasteiger charge is 2.66. The number of carbonyl (C=O) groups excluding carboxylic acids is 2. The van der Waals surface area contributed by atoms with Crippen LogP contribution in [0.1, 0.15) is 26.6 Å². The van der Waals surface area contributed by atoms with Crippen molar-refractivity contribution in [3.8, 4) is 17.2 Å². The number of carbonyl (C=O) groups is 2. The van der Waals surface area contributed by atoms with Gasteiger partial charge in [-0.15, -0.1) is 11.6 Å². The minimum Gasteiger partial charge on any atom is -0.497 e. The van der Waals surface area contributed by atoms with Gasteiger partial charge in [-0.1, -0.05) is 30.4 Å². The molecule has 2 heterocycles. The number of sulfonamides is 1. The lowest BCUT2D eigenvalue weighted by Crippen LogP contribution is -2.58. The fourth-order valence-corrected chi connectivity index (χ4v) is 7.90. The number of alkyl halides is 1. The Bertz CT molecular complexity index is 1820. The molecule has 11 nitrogen and oxygen atoms in total. The number of aliphatic hydroxyl groups is 1. The molecule has 0 spiro atoms. The van der Waals surface area contributed by atoms with Gasteiger partial charge in [0.1, 0.15) is 22.1 Å². The lowest BCUT2D eigenvalue weighted by Gasteiger charge is -2.42. The molecule has 0 bridgehead atoms. The fourth-order valence-electron chi connectivity index (χ4n) is 6.07. The maximum atomic E-state index is 15.4. The molecule has 0 radical (unpaired) electrons. The van der Waals surface area contributed by atoms with E-state index in [-0.39, 0.29) is 45.4 Å². The molecule has 1 aliphatic carbocycles. The van der Waals surface area contributed by atoms with Crippen molar-refractivity contribution < 1.29 is 45.5 Å². The van der Waals surface area contributed by atoms with E-state index in [4.69, 9.17) is 34.0 Å². The summed E-state index contributed by atoms with van der Waals surface area (Å²) in [5, 5.41) is 10.3. The number of aliphatic hydroxyl groups excluding tert-OH is 1. The van der Waals surface area contributed by atoms with E-state index < -0.39 is 76.7 Å². The first-order valence-electron chi connectivity index (χ1n) is 16.2. The van der Waals surface area contributed by atoms with E-state index in [0.717, 1.165) is 4.90 Å². The van der Waals surface area contributed by atoms with Gasteiger partial charge in [0.05, 0.1) is 44.5 Å². The number of amides is 2. The van der Waals surface area contributed by atoms with Crippen LogP contribution in [0, 0.1) is 0 Å². The lowest BCUT2D eigenvalue weighted by atomic mass is 9.78. The first-order valence-corrected chi connectivity index (χ1v) is 15.0. The Kier molecular flexibility index (Phi) is 6.37. The molecular weight excluding hydrogens is 598 g/mol. The number of methoxy groups -OCH3 is 3. The first-order chi connectivity index (χ1) is 22.8. The van der Waals surface area contributed by atoms with Gasteiger partial charge in [0, 0.05) is 45.9 Å². The zero-order chi connectivity index (χ0) is 36.3. The summed E-state index contributed by atoms with van der Waals surface area (Å²) < 4.78 is 93.5. The van der Waals surface area contributed by atoms with E-state index in [1.807, 2.05) is 0 Å². The van der Waals surface area contributed by atoms with Crippen molar-refractivity contribution in [3.05, 3.63) is 71.5 Å². The van der Waals surface area contributed by atoms with Crippen molar-refractivity contribution in [2.45, 2.75) is 40.8 Å². The second-order valence-electron chi connectivity index (χ2n) is 10.2. The Labute approximate surface area is 264 Å². The highest BCUT2D eigenvalue weighted by atomic mass is 35.5. The topological polar surface area (TPSA) is 126 Å². The smallest absolute Gasteiger partial charge is 0.274 e. The Balaban J connectivity index is 1.84. The number of rotatable bonds is 8. The number of likely N-dealkylation sites (N-methyl/N-ethyl adjacent to an activating group) is 1. The molecule has 43 heavy (non-hydrogen) atoms. The maximum Gasteiger partial charge on any atom is 0.274 e. The largest absolute Gasteiger partial charge is 0.497 e. The predicted molar refractivity (Wildman–Crippen MR) is 158 cm³/mol. The SMILES string of the molecule is [2H]C([2H])([2H])N(C(=O)[C@@H]1C[C@@H](O)CN1[C@]1(c2ccccc2OC)C(=O)N(S(=O)(=O)c2ccc(OC)cc2OC)C2=CCC(Cl)C=C21)C([2H])([2H])[2H]. The van der Waals surface area contributed by atoms with Gasteiger partial charge in [-0.3, -0.25) is 14.5 Å². The van der Waals surface area contributed by atoms with Crippen LogP contribution in [-0.4, -0.2) is 98.8 Å². The standard InChI is InChI=1S/C30H34ClN3O8S/c1-32(2)28(36)24-15-19(35)17-33(24)30(21-8-6-7-9-25(21)41-4)22-14-18(31)10-12-23(22)34(29(30)37)43(38,39)27-13-11-20(40-3)16-26(27)42-5/h6-9,11-14,16,18-19,24,35H,10,15,17H2,1-5H3/t18?,19-,24+,30+/m1/s1/i1D3,2D3. The third kappa shape index (κ3) is 4.76. The number of hydrogen-bond acceptors (Lipinski definition) is 9. The Morgan fingerprint density at radius 2 is 1.84 bits per heavy atom. The molecule has 1 unspecified atom stereocenters. The second-order valence-corrected chi connectivity index (χ2v) is 12.5. The normalized spacial score (nSPS) is 28.3. The van der Waals surface area contributed by atoms with Crippen molar-refractivity contribution >= 4 is 33.4 Å². The van der Waals surface area contributed by atoms with Crippen LogP contribution in [0.3, 0.4) is 0 Å². The number of likely N-dealkylation sites (tertiary alicyclic amines) is 1. The number of fused-ring (bicyclic) bond motifs is 1. The van der Waals surface area contributed by atoms with E-state index in [9.17, 15) is 18.3 Å². The predicted octanol–water partition coefficient (Wildman–Crippen LogP) is 2.48. The van der Waals surface area contributed by atoms with Gasteiger partial charge < -0.3 is 24.2 Å². The number of halogens is 1. The van der Waals surface area contributed by atoms with E-state index in [0.29, 0.717) is 4.31 Å². The summed E-state index contributed by atoms with van der Waals surface area (Å²) in [4.78, 5) is 30.0. The molecule has 5 rings (SSSR count). The third-order valence-corrected chi connectivity index (χ3v) is 9.90. The van der Waals surface area contributed by atoms with Gasteiger partial charge in [-0.05, 0) is 31.0 Å². The summed E-state index contributed by atoms with van der Waals surface area (Å²) in [6.07, 6.45) is 1.15. The number of β-amino-alcohol motifs (C(OH)–C–C–N with tert-alkyl or cyclic N) is 1. The van der Waals surface area contributed by atoms with Crippen LogP contribution in [0.5, 0.6) is 17.2 Å². The molecule has 2 amide bonds. The van der Waals surface area contributed by atoms with Crippen molar-refractivity contribution in [1.82, 2.24) is 14.1 Å². The average molecular weight is 638 g/mol. The van der Waals surface area contributed by atoms with Crippen LogP contribution in [0.4, 0.5) is 0 Å². The monoisotopic (exact) mass is 637 g/mol. The van der Waals surface area contributed by atoms with Gasteiger partial charge in [-0.2, -0.15) is 0 Å². The van der Waals surface area contributed by atoms with Crippen molar-refractivity contribution in [1.29, 1.82) is 0 Å². The van der Waals surface area contributed by atoms with E-state index in [1.165, 1.54) is 63.8 Å². The molecule has 1 N–H and O–H groups in total. The van der Waals surface area contributed by atoms with Gasteiger partial charge in [0.25, 0.3) is 15.9 Å². The van der Waals surface area contributed by atoms with Crippen LogP contribution in [0.15, 0.2) is 70.8 Å². The lowest BCUT2D eigenvalue weighted by molar-refractivity contribution is -0.140. The molecule has 0 aromatic heterocycles. The number of nitrogens with zero attached hydrogens (tertiary/aromatic N) is 3. The highest BCUT2D eigenvalue weighted by Crippen LogP contribution is 2.56. The molecule has 2 saturated heterocycles. The second kappa shape index (κ2) is 11.5. The van der Waals surface area contributed by atoms with Gasteiger partial charge >= 0.3 is 0 Å². The van der Waals surface area contributed by atoms with Crippen LogP contribution >= 0.6 is 11.6 Å². The van der Waals surface area contributed by atoms with Crippen molar-refractivity contribution in [3.63, 3.8) is 0 Å². The number of benzene rings is 2. The number of hydrogen-bond donors (Lipinski definition) is 1. The van der Waals surface area contributed by atoms with Crippen LogP contribution in [0.2, 0.25) is 0 Å². The Morgan fingerprint density at radius 3 is 2.51 bits per heavy atom. The molecule has 0 saturated carbocycles. The van der Waals surface area contributed by atoms with Crippen LogP contribution in [-0.2, 0) is 25.2 Å². The first kappa shape index (κ1) is 23.8. The highest BCUT2D eigenvalue weighted by molar-refractivity contribution is 7.90. The molecule has 2 fully saturated rings. The summed E-state index contributed by atoms with van der Waals surface area (Å²) in [5.41, 5.74) is -2.38. The van der Waals surface area contributed by atoms with E-state index in [2.05, 4.69) is 0 Å². The summed E-state index contributed by atoms with van der Waals surface area (Å²) in [5.74, 6) is -2.37. The number of allylic oxidation sites excluding steroid dienone is 2. The van der Waals surface area contributed by atoms with Gasteiger partial charge in [0.2, 0.25) is 5.91 Å². The quantitative estimate of drug-likeness (QED) is 0.435. The number of para-hydroxylation sites is 1. The Hall–Kier alpha value is -3.58. The van der Waals surface area contributed by atoms with Crippen LogP contribution < -0.4 is 14.2 Å². The molecular formula is C30H34ClN3O8S. The van der Waals surface area contributed by atoms with Crippen molar-refractivity contribution in [2.24, 2.45) is 0 Å². The number of ether oxygens (including phenoxy) is 3. The molecule has 3 aliphatic rings. The summed E-state index contributed by atoms with van der Waals surface area (Å²) in [6.45, 7) is -7.38. The molecule has 2 aromatic carbocycles. The summed E-state index contributed by atoms with van der Waals surface area (Å²) in [6, 6.07) is 8.25. The molecule has 2 aliphatic heterocycles. The van der Waals surface area contributed by atoms with Gasteiger partial charge in [-0.25, -0.2) is 12.7 Å². The minimum atomic E-state index is -4.84. The molecule has 230 valence electrons. The van der Waals surface area contributed by atoms with Gasteiger partial charge in [0.15, 0.2) is 5.54 Å². The van der Waals surface area contributed by atoms with Crippen molar-refractivity contribution in [2.75, 3.05) is 41.8 Å². The Morgan fingerprint density at radius 1 is 1.12 bits per heavy atom. The maximum absolute atomic E-state index is 15.4. The van der Waals surface area contributed by atoms with E-state index in [1.54, 1.807) is 12.1 Å². The van der Waals surface area contributed by atoms with E-state index >= 15 is 4.79 Å². The fraction of sp³-hybridized carbons (Fsp3) is 0.400. The van der Waals surface area contributed by atoms with Crippen LogP contribution in [0.25, 0.3) is 0 Å². The minimum absolute atomic E-state index is 0.00511. The molecule has 2 aromatic rings. The summed E-state index contributed by atoms with van der Waals surface area (Å²) >= 11 is 6.63. The third-order valence-electron chi connectivity index (χ3n) is 7.86. The summed E-state index contributed by atoms with van der Waals surface area (Å²) in [7, 11) is -0.910. The zero-order valence-electron chi connectivity index (χ0n) is 29.5. The molecule has 13 heteroatoms.